The fourth-order valence-electron chi connectivity index (χ4n) is 3.37. The molecule has 0 spiro atoms. The first-order valence-electron chi connectivity index (χ1n) is 8.27. The lowest BCUT2D eigenvalue weighted by Crippen LogP contribution is -2.18. The van der Waals surface area contributed by atoms with Crippen LogP contribution < -0.4 is 9.83 Å². The number of fused-ring (bicyclic) bond motifs is 2. The Bertz CT molecular complexity index is 1150. The van der Waals surface area contributed by atoms with E-state index in [4.69, 9.17) is 4.52 Å². The highest BCUT2D eigenvalue weighted by atomic mass is 31.2. The first kappa shape index (κ1) is 17.1. The van der Waals surface area contributed by atoms with Crippen LogP contribution in [0.1, 0.15) is 18.4 Å². The van der Waals surface area contributed by atoms with Gasteiger partial charge in [0, 0.05) is 10.9 Å². The topological polar surface area (TPSA) is 85.2 Å². The van der Waals surface area contributed by atoms with Gasteiger partial charge in [0.25, 0.3) is 0 Å². The molecule has 6 nitrogen and oxygen atoms in total. The summed E-state index contributed by atoms with van der Waals surface area (Å²) in [7, 11) is -3.58. The quantitative estimate of drug-likeness (QED) is 0.442. The third kappa shape index (κ3) is 2.83. The second kappa shape index (κ2) is 6.79. The summed E-state index contributed by atoms with van der Waals surface area (Å²) in [4.78, 5) is 28.8. The number of allylic oxidation sites excluding steroid dienone is 4. The van der Waals surface area contributed by atoms with Gasteiger partial charge in [0.1, 0.15) is 5.75 Å². The maximum absolute atomic E-state index is 14.2. The third-order valence-electron chi connectivity index (χ3n) is 4.52. The van der Waals surface area contributed by atoms with Crippen molar-refractivity contribution in [2.24, 2.45) is 9.98 Å². The van der Waals surface area contributed by atoms with Crippen LogP contribution in [-0.2, 0) is 14.2 Å². The maximum atomic E-state index is 14.2. The van der Waals surface area contributed by atoms with Crippen molar-refractivity contribution in [3.63, 3.8) is 0 Å². The van der Waals surface area contributed by atoms with Gasteiger partial charge in [0.2, 0.25) is 12.2 Å². The summed E-state index contributed by atoms with van der Waals surface area (Å²) >= 11 is 0. The molecule has 1 atom stereocenters. The highest BCUT2D eigenvalue weighted by molar-refractivity contribution is 7.72. The summed E-state index contributed by atoms with van der Waals surface area (Å²) in [6, 6.07) is 11.8. The van der Waals surface area contributed by atoms with E-state index in [1.165, 1.54) is 30.4 Å². The van der Waals surface area contributed by atoms with Gasteiger partial charge >= 0.3 is 7.37 Å². The molecular formula is C20H13N2O4P. The number of benzene rings is 2. The smallest absolute Gasteiger partial charge is 0.305 e. The molecular weight excluding hydrogens is 363 g/mol. The van der Waals surface area contributed by atoms with Crippen LogP contribution in [0.2, 0.25) is 0 Å². The van der Waals surface area contributed by atoms with Crippen molar-refractivity contribution in [3.8, 4) is 5.75 Å². The average molecular weight is 376 g/mol. The van der Waals surface area contributed by atoms with E-state index in [0.29, 0.717) is 17.5 Å². The Morgan fingerprint density at radius 1 is 1.04 bits per heavy atom. The predicted octanol–water partition coefficient (Wildman–Crippen LogP) is 4.68. The van der Waals surface area contributed by atoms with Crippen LogP contribution in [0, 0.1) is 0 Å². The average Bonchev–Trinajstić information content (AvgIpc) is 2.70. The molecule has 132 valence electrons. The van der Waals surface area contributed by atoms with Crippen molar-refractivity contribution >= 4 is 41.8 Å². The molecule has 27 heavy (non-hydrogen) atoms. The zero-order valence-electron chi connectivity index (χ0n) is 14.1. The molecule has 1 heterocycles. The fourth-order valence-corrected chi connectivity index (χ4v) is 5.97. The zero-order chi connectivity index (χ0) is 18.9. The molecule has 1 aliphatic heterocycles. The summed E-state index contributed by atoms with van der Waals surface area (Å²) in [5.41, 5.74) is 2.17. The highest BCUT2D eigenvalue weighted by Crippen LogP contribution is 2.64. The van der Waals surface area contributed by atoms with E-state index in [0.717, 1.165) is 17.6 Å². The minimum absolute atomic E-state index is 0.180. The van der Waals surface area contributed by atoms with Gasteiger partial charge in [-0.2, -0.15) is 9.98 Å². The normalized spacial score (nSPS) is 19.9. The zero-order valence-corrected chi connectivity index (χ0v) is 15.0. The van der Waals surface area contributed by atoms with Gasteiger partial charge in [-0.05, 0) is 42.7 Å². The molecule has 4 rings (SSSR count). The van der Waals surface area contributed by atoms with E-state index in [1.807, 2.05) is 24.3 Å². The van der Waals surface area contributed by atoms with Crippen molar-refractivity contribution in [2.75, 3.05) is 0 Å². The minimum atomic E-state index is -3.58. The molecule has 0 radical (unpaired) electrons. The van der Waals surface area contributed by atoms with Gasteiger partial charge in [-0.15, -0.1) is 0 Å². The number of nitrogens with zero attached hydrogens (tertiary/aromatic N) is 2. The second-order valence-electron chi connectivity index (χ2n) is 6.02. The number of hydrogen-bond acceptors (Lipinski definition) is 6. The van der Waals surface area contributed by atoms with E-state index in [2.05, 4.69) is 9.98 Å². The summed E-state index contributed by atoms with van der Waals surface area (Å²) in [6.45, 7) is 0. The number of hydrogen-bond donors (Lipinski definition) is 0. The van der Waals surface area contributed by atoms with Crippen LogP contribution >= 0.6 is 7.37 Å². The molecule has 2 aliphatic rings. The Labute approximate surface area is 155 Å². The molecule has 0 N–H and O–H groups in total. The molecule has 1 unspecified atom stereocenters. The molecule has 0 saturated heterocycles. The largest absolute Gasteiger partial charge is 0.436 e. The van der Waals surface area contributed by atoms with Crippen molar-refractivity contribution in [3.05, 3.63) is 65.5 Å². The summed E-state index contributed by atoms with van der Waals surface area (Å²) in [5.74, 6) is 0.497. The van der Waals surface area contributed by atoms with Gasteiger partial charge in [-0.25, -0.2) is 9.59 Å². The van der Waals surface area contributed by atoms with E-state index in [1.54, 1.807) is 12.1 Å². The lowest BCUT2D eigenvalue weighted by atomic mass is 9.98. The van der Waals surface area contributed by atoms with Gasteiger partial charge < -0.3 is 4.52 Å². The third-order valence-corrected chi connectivity index (χ3v) is 7.14. The number of carbonyl (C=O) groups excluding carboxylic acids is 2. The summed E-state index contributed by atoms with van der Waals surface area (Å²) < 4.78 is 20.2. The van der Waals surface area contributed by atoms with Crippen LogP contribution in [0.4, 0.5) is 11.4 Å². The van der Waals surface area contributed by atoms with Crippen molar-refractivity contribution in [2.45, 2.75) is 12.8 Å². The second-order valence-corrected chi connectivity index (χ2v) is 8.33. The van der Waals surface area contributed by atoms with Crippen LogP contribution in [0.25, 0.3) is 5.57 Å². The molecule has 0 amide bonds. The minimum Gasteiger partial charge on any atom is -0.436 e. The Kier molecular flexibility index (Phi) is 4.31. The van der Waals surface area contributed by atoms with Crippen molar-refractivity contribution in [1.29, 1.82) is 0 Å². The van der Waals surface area contributed by atoms with E-state index >= 15 is 0 Å². The maximum Gasteiger partial charge on any atom is 0.305 e. The van der Waals surface area contributed by atoms with Crippen molar-refractivity contribution < 1.29 is 18.7 Å². The van der Waals surface area contributed by atoms with Gasteiger partial charge in [-0.1, -0.05) is 30.4 Å². The Morgan fingerprint density at radius 2 is 1.85 bits per heavy atom. The van der Waals surface area contributed by atoms with E-state index in [9.17, 15) is 14.2 Å². The predicted molar refractivity (Wildman–Crippen MR) is 102 cm³/mol. The Morgan fingerprint density at radius 3 is 2.67 bits per heavy atom. The number of rotatable bonds is 3. The van der Waals surface area contributed by atoms with Crippen molar-refractivity contribution in [1.82, 2.24) is 0 Å². The summed E-state index contributed by atoms with van der Waals surface area (Å²) in [6.07, 6.45) is 8.21. The molecule has 1 aliphatic carbocycles. The van der Waals surface area contributed by atoms with Gasteiger partial charge in [0.15, 0.2) is 0 Å². The molecule has 0 aromatic heterocycles. The molecule has 2 aromatic rings. The summed E-state index contributed by atoms with van der Waals surface area (Å²) in [5, 5.41) is 0.887. The van der Waals surface area contributed by atoms with Gasteiger partial charge in [0.05, 0.1) is 16.7 Å². The first-order chi connectivity index (χ1) is 13.2. The van der Waals surface area contributed by atoms with E-state index in [-0.39, 0.29) is 16.7 Å². The molecule has 0 saturated carbocycles. The lowest BCUT2D eigenvalue weighted by Gasteiger charge is -2.32. The number of aliphatic imine (C=N–C) groups is 2. The van der Waals surface area contributed by atoms with Crippen LogP contribution in [0.5, 0.6) is 5.75 Å². The first-order valence-corrected chi connectivity index (χ1v) is 9.89. The van der Waals surface area contributed by atoms with Crippen LogP contribution in [0.3, 0.4) is 0 Å². The molecule has 2 aromatic carbocycles. The van der Waals surface area contributed by atoms with Crippen LogP contribution in [0.15, 0.2) is 69.9 Å². The highest BCUT2D eigenvalue weighted by Gasteiger charge is 2.41. The SMILES string of the molecule is O=C=Nc1ccc(N=C=O)c(P2(=O)Oc3ccccc3C3=C2CCC=C3)c1. The molecule has 0 fully saturated rings. The molecule has 7 heteroatoms. The standard InChI is InChI=1S/C20H13N2O4P/c23-12-21-14-9-10-17(22-13-24)20(11-14)27(25)19-8-4-2-6-16(19)15-5-1-3-7-18(15)26-27/h1-3,5-7,9-11H,4,8H2. The molecule has 0 bridgehead atoms. The number of isocyanates is 2. The lowest BCUT2D eigenvalue weighted by molar-refractivity contribution is 0.494. The number of para-hydroxylation sites is 1. The van der Waals surface area contributed by atoms with E-state index < -0.39 is 7.37 Å². The monoisotopic (exact) mass is 376 g/mol. The Hall–Kier alpha value is -3.29. The van der Waals surface area contributed by atoms with Gasteiger partial charge in [-0.3, -0.25) is 4.57 Å². The fraction of sp³-hybridized carbons (Fsp3) is 0.100. The van der Waals surface area contributed by atoms with Crippen LogP contribution in [-0.4, -0.2) is 12.2 Å². The Balaban J connectivity index is 2.02.